The first-order valence-corrected chi connectivity index (χ1v) is 24.8. The topological polar surface area (TPSA) is 4.93 Å². The maximum absolute atomic E-state index is 2.58. The largest absolute Gasteiger partial charge is 0.308 e. The Morgan fingerprint density at radius 1 is 0.324 bits per heavy atom. The van der Waals surface area contributed by atoms with Crippen molar-refractivity contribution in [2.24, 2.45) is 0 Å². The number of nitrogens with zero attached hydrogens (tertiary/aromatic N) is 1. The van der Waals surface area contributed by atoms with Gasteiger partial charge in [-0.15, -0.1) is 11.3 Å². The van der Waals surface area contributed by atoms with Gasteiger partial charge in [0.25, 0.3) is 0 Å². The second-order valence-corrected chi connectivity index (χ2v) is 21.9. The molecule has 0 bridgehead atoms. The van der Waals surface area contributed by atoms with E-state index < -0.39 is 0 Å². The van der Waals surface area contributed by atoms with Crippen LogP contribution in [0.4, 0.5) is 0 Å². The van der Waals surface area contributed by atoms with Gasteiger partial charge in [0, 0.05) is 41.7 Å². The van der Waals surface area contributed by atoms with Crippen LogP contribution in [0, 0.1) is 0 Å². The summed E-state index contributed by atoms with van der Waals surface area (Å²) in [7, 11) is 0. The molecule has 68 heavy (non-hydrogen) atoms. The van der Waals surface area contributed by atoms with Crippen LogP contribution in [0.5, 0.6) is 0 Å². The molecule has 1 nitrogen and oxygen atoms in total. The predicted octanol–water partition coefficient (Wildman–Crippen LogP) is 19.4. The monoisotopic (exact) mass is 889 g/mol. The molecule has 0 spiro atoms. The highest BCUT2D eigenvalue weighted by Crippen LogP contribution is 2.52. The van der Waals surface area contributed by atoms with Crippen molar-refractivity contribution in [2.45, 2.75) is 52.4 Å². The van der Waals surface area contributed by atoms with Crippen LogP contribution in [0.1, 0.15) is 52.7 Å². The first-order valence-electron chi connectivity index (χ1n) is 24.0. The van der Waals surface area contributed by atoms with Gasteiger partial charge in [-0.2, -0.15) is 0 Å². The molecule has 0 aliphatic rings. The Balaban J connectivity index is 1.14. The lowest BCUT2D eigenvalue weighted by Crippen LogP contribution is -2.10. The van der Waals surface area contributed by atoms with Crippen LogP contribution < -0.4 is 0 Å². The molecule has 2 heteroatoms. The third-order valence-corrected chi connectivity index (χ3v) is 15.8. The van der Waals surface area contributed by atoms with Gasteiger partial charge in [0.1, 0.15) is 0 Å². The normalized spacial score (nSPS) is 12.6. The average Bonchev–Trinajstić information content (AvgIpc) is 3.90. The summed E-state index contributed by atoms with van der Waals surface area (Å²) in [4.78, 5) is 0. The molecule has 0 aliphatic carbocycles. The number of thiophene rings is 1. The van der Waals surface area contributed by atoms with Crippen LogP contribution in [0.2, 0.25) is 0 Å². The number of aromatic nitrogens is 1. The second kappa shape index (κ2) is 15.0. The van der Waals surface area contributed by atoms with Gasteiger partial charge in [-0.3, -0.25) is 0 Å². The number of benzene rings is 11. The van der Waals surface area contributed by atoms with Crippen LogP contribution in [0.25, 0.3) is 124 Å². The number of rotatable bonds is 4. The van der Waals surface area contributed by atoms with Crippen molar-refractivity contribution < 1.29 is 0 Å². The van der Waals surface area contributed by atoms with Crippen molar-refractivity contribution in [3.8, 4) is 39.1 Å². The van der Waals surface area contributed by atoms with Gasteiger partial charge in [-0.05, 0) is 124 Å². The van der Waals surface area contributed by atoms with Crippen molar-refractivity contribution in [1.82, 2.24) is 4.57 Å². The Labute approximate surface area is 401 Å². The molecule has 0 atom stereocenters. The van der Waals surface area contributed by atoms with Gasteiger partial charge in [0.05, 0.1) is 16.7 Å². The van der Waals surface area contributed by atoms with Crippen LogP contribution >= 0.6 is 11.3 Å². The first-order chi connectivity index (χ1) is 33.0. The Bertz CT molecular complexity index is 4020. The molecule has 0 unspecified atom stereocenters. The smallest absolute Gasteiger partial charge is 0.0619 e. The fourth-order valence-electron chi connectivity index (χ4n) is 11.5. The Morgan fingerprint density at radius 3 is 1.10 bits per heavy atom. The van der Waals surface area contributed by atoms with Crippen LogP contribution in [-0.4, -0.2) is 4.57 Å². The molecular weight excluding hydrogens is 839 g/mol. The summed E-state index contributed by atoms with van der Waals surface area (Å²) in [6, 6.07) is 75.7. The van der Waals surface area contributed by atoms with E-state index >= 15 is 0 Å². The van der Waals surface area contributed by atoms with Gasteiger partial charge in [0.15, 0.2) is 0 Å². The molecule has 326 valence electrons. The van der Waals surface area contributed by atoms with E-state index in [1.807, 2.05) is 11.3 Å². The number of hydrogen-bond acceptors (Lipinski definition) is 1. The van der Waals surface area contributed by atoms with Crippen molar-refractivity contribution in [1.29, 1.82) is 0 Å². The number of fused-ring (bicyclic) bond motifs is 10. The summed E-state index contributed by atoms with van der Waals surface area (Å²) in [5.74, 6) is 0. The minimum atomic E-state index is 0.0177. The molecule has 13 aromatic rings. The third kappa shape index (κ3) is 6.07. The zero-order valence-corrected chi connectivity index (χ0v) is 40.2. The molecule has 0 saturated heterocycles. The average molecular weight is 890 g/mol. The number of hydrogen-bond donors (Lipinski definition) is 0. The Kier molecular flexibility index (Phi) is 8.98. The van der Waals surface area contributed by atoms with E-state index in [4.69, 9.17) is 0 Å². The first kappa shape index (κ1) is 40.7. The van der Waals surface area contributed by atoms with Gasteiger partial charge < -0.3 is 4.57 Å². The maximum atomic E-state index is 2.58. The highest BCUT2D eigenvalue weighted by atomic mass is 32.1. The molecule has 2 aromatic heterocycles. The fourth-order valence-corrected chi connectivity index (χ4v) is 12.6. The van der Waals surface area contributed by atoms with Crippen LogP contribution in [0.3, 0.4) is 0 Å². The molecule has 0 fully saturated rings. The molecule has 13 rings (SSSR count). The quantitative estimate of drug-likeness (QED) is 0.155. The van der Waals surface area contributed by atoms with Crippen LogP contribution in [-0.2, 0) is 10.8 Å². The van der Waals surface area contributed by atoms with Crippen molar-refractivity contribution >= 4 is 96.4 Å². The van der Waals surface area contributed by atoms with Crippen LogP contribution in [0.15, 0.2) is 200 Å². The van der Waals surface area contributed by atoms with Gasteiger partial charge >= 0.3 is 0 Å². The molecular formula is C66H51NS. The molecule has 0 amide bonds. The standard InChI is InChI=1S/C66H51NS/c1-65(2,3)41-34-36-55-53(38-41)54-39-42(66(4,5)6)35-37-56(54)67(55)64-49-28-16-14-26-47(49)61(48-27-15-17-29-50(48)64)52-31-19-33-58-63(52)62-51(30-18-32-57(62)68-58)60-45-24-12-10-22-43(45)59(40-20-8-7-9-21-40)44-23-11-13-25-46(44)60/h7-39H,1-6H3. The van der Waals surface area contributed by atoms with E-state index in [9.17, 15) is 0 Å². The van der Waals surface area contributed by atoms with E-state index in [1.54, 1.807) is 0 Å². The van der Waals surface area contributed by atoms with Crippen molar-refractivity contribution in [3.63, 3.8) is 0 Å². The Morgan fingerprint density at radius 2 is 0.691 bits per heavy atom. The highest BCUT2D eigenvalue weighted by molar-refractivity contribution is 7.26. The minimum Gasteiger partial charge on any atom is -0.308 e. The molecule has 0 radical (unpaired) electrons. The molecule has 0 N–H and O–H groups in total. The third-order valence-electron chi connectivity index (χ3n) is 14.7. The van der Waals surface area contributed by atoms with E-state index in [2.05, 4.69) is 246 Å². The van der Waals surface area contributed by atoms with Gasteiger partial charge in [-0.1, -0.05) is 205 Å². The maximum Gasteiger partial charge on any atom is 0.0619 e. The summed E-state index contributed by atoms with van der Waals surface area (Å²) in [5.41, 5.74) is 14.0. The van der Waals surface area contributed by atoms with E-state index in [1.165, 1.54) is 135 Å². The fraction of sp³-hybridized carbons (Fsp3) is 0.121. The zero-order chi connectivity index (χ0) is 46.1. The molecule has 0 saturated carbocycles. The van der Waals surface area contributed by atoms with Crippen molar-refractivity contribution in [2.75, 3.05) is 0 Å². The van der Waals surface area contributed by atoms with E-state index in [-0.39, 0.29) is 10.8 Å². The van der Waals surface area contributed by atoms with E-state index in [0.29, 0.717) is 0 Å². The lowest BCUT2D eigenvalue weighted by Gasteiger charge is -2.21. The summed E-state index contributed by atoms with van der Waals surface area (Å²) in [5, 5.41) is 15.3. The van der Waals surface area contributed by atoms with Gasteiger partial charge in [-0.25, -0.2) is 0 Å². The molecule has 11 aromatic carbocycles. The summed E-state index contributed by atoms with van der Waals surface area (Å²) in [6.45, 7) is 13.9. The molecule has 2 heterocycles. The highest BCUT2D eigenvalue weighted by Gasteiger charge is 2.26. The SMILES string of the molecule is CC(C)(C)c1ccc2c(c1)c1cc(C(C)(C)C)ccc1n2-c1c2ccccc2c(-c2cccc3sc4cccc(-c5c6ccccc6c(-c6ccccc6)c6ccccc56)c4c23)c2ccccc12. The summed E-state index contributed by atoms with van der Waals surface area (Å²) in [6.07, 6.45) is 0. The van der Waals surface area contributed by atoms with Crippen molar-refractivity contribution in [3.05, 3.63) is 211 Å². The summed E-state index contributed by atoms with van der Waals surface area (Å²) >= 11 is 1.91. The second-order valence-electron chi connectivity index (χ2n) is 20.8. The van der Waals surface area contributed by atoms with E-state index in [0.717, 1.165) is 0 Å². The Hall–Kier alpha value is -7.52. The lowest BCUT2D eigenvalue weighted by atomic mass is 9.84. The molecule has 0 aliphatic heterocycles. The summed E-state index contributed by atoms with van der Waals surface area (Å²) < 4.78 is 5.17. The minimum absolute atomic E-state index is 0.0177. The zero-order valence-electron chi connectivity index (χ0n) is 39.4. The van der Waals surface area contributed by atoms with Gasteiger partial charge in [0.2, 0.25) is 0 Å². The lowest BCUT2D eigenvalue weighted by molar-refractivity contribution is 0.590. The predicted molar refractivity (Wildman–Crippen MR) is 297 cm³/mol.